The molecule has 0 radical (unpaired) electrons. The molecule has 0 fully saturated rings. The van der Waals surface area contributed by atoms with E-state index in [1.54, 1.807) is 11.8 Å². The van der Waals surface area contributed by atoms with E-state index in [1.165, 1.54) is 10.5 Å². The van der Waals surface area contributed by atoms with E-state index in [0.717, 1.165) is 0 Å². The highest BCUT2D eigenvalue weighted by molar-refractivity contribution is 7.99. The van der Waals surface area contributed by atoms with E-state index in [2.05, 4.69) is 24.4 Å². The Kier molecular flexibility index (Phi) is 5.51. The number of thioether (sulfide) groups is 1. The molecule has 1 atom stereocenters. The SMILES string of the molecule is Cc1ccccc1SCC(NC(C)C)C(N)=O. The first kappa shape index (κ1) is 14.1. The molecule has 4 heteroatoms. The van der Waals surface area contributed by atoms with E-state index in [4.69, 9.17) is 5.73 Å². The molecule has 1 aromatic carbocycles. The standard InChI is InChI=1S/C13H20N2OS/c1-9(2)15-11(13(14)16)8-17-12-7-5-4-6-10(12)3/h4-7,9,11,15H,8H2,1-3H3,(H2,14,16). The lowest BCUT2D eigenvalue weighted by Gasteiger charge is -2.18. The molecule has 0 aliphatic rings. The van der Waals surface area contributed by atoms with E-state index < -0.39 is 0 Å². The third kappa shape index (κ3) is 4.79. The summed E-state index contributed by atoms with van der Waals surface area (Å²) >= 11 is 1.66. The highest BCUT2D eigenvalue weighted by Crippen LogP contribution is 2.22. The number of benzene rings is 1. The topological polar surface area (TPSA) is 55.1 Å². The van der Waals surface area contributed by atoms with Crippen LogP contribution in [0.3, 0.4) is 0 Å². The fraction of sp³-hybridized carbons (Fsp3) is 0.462. The van der Waals surface area contributed by atoms with Crippen LogP contribution in [0.1, 0.15) is 19.4 Å². The van der Waals surface area contributed by atoms with Crippen LogP contribution in [0.15, 0.2) is 29.2 Å². The Labute approximate surface area is 107 Å². The van der Waals surface area contributed by atoms with Gasteiger partial charge in [-0.1, -0.05) is 32.0 Å². The summed E-state index contributed by atoms with van der Waals surface area (Å²) in [7, 11) is 0. The van der Waals surface area contributed by atoms with Crippen molar-refractivity contribution in [3.63, 3.8) is 0 Å². The van der Waals surface area contributed by atoms with Crippen molar-refractivity contribution in [3.05, 3.63) is 29.8 Å². The lowest BCUT2D eigenvalue weighted by atomic mass is 10.2. The second kappa shape index (κ2) is 6.67. The number of hydrogen-bond donors (Lipinski definition) is 2. The molecule has 0 spiro atoms. The number of carbonyl (C=O) groups excluding carboxylic acids is 1. The number of nitrogens with one attached hydrogen (secondary N) is 1. The molecule has 0 aromatic heterocycles. The zero-order valence-electron chi connectivity index (χ0n) is 10.6. The first-order chi connectivity index (χ1) is 8.00. The molecule has 0 aliphatic carbocycles. The van der Waals surface area contributed by atoms with Gasteiger partial charge in [-0.15, -0.1) is 11.8 Å². The summed E-state index contributed by atoms with van der Waals surface area (Å²) in [5.74, 6) is 0.373. The Morgan fingerprint density at radius 2 is 2.06 bits per heavy atom. The minimum absolute atomic E-state index is 0.255. The number of primary amides is 1. The van der Waals surface area contributed by atoms with Gasteiger partial charge in [0, 0.05) is 16.7 Å². The average Bonchev–Trinajstić information content (AvgIpc) is 2.25. The Bertz CT molecular complexity index is 379. The van der Waals surface area contributed by atoms with Gasteiger partial charge in [0.25, 0.3) is 0 Å². The third-order valence-electron chi connectivity index (χ3n) is 2.38. The van der Waals surface area contributed by atoms with Crippen molar-refractivity contribution in [2.75, 3.05) is 5.75 Å². The van der Waals surface area contributed by atoms with Gasteiger partial charge in [0.15, 0.2) is 0 Å². The number of carbonyl (C=O) groups is 1. The highest BCUT2D eigenvalue weighted by atomic mass is 32.2. The zero-order chi connectivity index (χ0) is 12.8. The van der Waals surface area contributed by atoms with E-state index in [9.17, 15) is 4.79 Å². The summed E-state index contributed by atoms with van der Waals surface area (Å²) in [5, 5.41) is 3.17. The van der Waals surface area contributed by atoms with Gasteiger partial charge in [0.2, 0.25) is 5.91 Å². The largest absolute Gasteiger partial charge is 0.368 e. The van der Waals surface area contributed by atoms with Gasteiger partial charge in [-0.25, -0.2) is 0 Å². The molecule has 0 heterocycles. The number of nitrogens with two attached hydrogens (primary N) is 1. The first-order valence-electron chi connectivity index (χ1n) is 5.74. The molecule has 0 saturated carbocycles. The predicted molar refractivity (Wildman–Crippen MR) is 73.2 cm³/mol. The molecular weight excluding hydrogens is 232 g/mol. The van der Waals surface area contributed by atoms with E-state index >= 15 is 0 Å². The van der Waals surface area contributed by atoms with Crippen molar-refractivity contribution in [1.82, 2.24) is 5.32 Å². The van der Waals surface area contributed by atoms with Crippen LogP contribution in [0.25, 0.3) is 0 Å². The molecule has 0 saturated heterocycles. The molecule has 3 nitrogen and oxygen atoms in total. The number of rotatable bonds is 6. The second-order valence-corrected chi connectivity index (χ2v) is 5.41. The maximum absolute atomic E-state index is 11.3. The Morgan fingerprint density at radius 1 is 1.41 bits per heavy atom. The van der Waals surface area contributed by atoms with Gasteiger partial charge in [-0.05, 0) is 18.6 Å². The van der Waals surface area contributed by atoms with E-state index in [-0.39, 0.29) is 18.0 Å². The Balaban J connectivity index is 2.58. The van der Waals surface area contributed by atoms with Crippen LogP contribution in [-0.2, 0) is 4.79 Å². The Morgan fingerprint density at radius 3 is 2.59 bits per heavy atom. The fourth-order valence-electron chi connectivity index (χ4n) is 1.51. The lowest BCUT2D eigenvalue weighted by molar-refractivity contribution is -0.119. The second-order valence-electron chi connectivity index (χ2n) is 4.35. The van der Waals surface area contributed by atoms with Gasteiger partial charge in [0.05, 0.1) is 6.04 Å². The predicted octanol–water partition coefficient (Wildman–Crippen LogP) is 1.94. The minimum Gasteiger partial charge on any atom is -0.368 e. The summed E-state index contributed by atoms with van der Waals surface area (Å²) in [6, 6.07) is 8.12. The van der Waals surface area contributed by atoms with Crippen molar-refractivity contribution in [1.29, 1.82) is 0 Å². The van der Waals surface area contributed by atoms with Crippen molar-refractivity contribution in [3.8, 4) is 0 Å². The molecule has 1 amide bonds. The van der Waals surface area contributed by atoms with E-state index in [0.29, 0.717) is 5.75 Å². The van der Waals surface area contributed by atoms with Crippen molar-refractivity contribution < 1.29 is 4.79 Å². The van der Waals surface area contributed by atoms with E-state index in [1.807, 2.05) is 26.0 Å². The van der Waals surface area contributed by atoms with Crippen LogP contribution in [0.2, 0.25) is 0 Å². The third-order valence-corrected chi connectivity index (χ3v) is 3.65. The van der Waals surface area contributed by atoms with Gasteiger partial charge in [-0.2, -0.15) is 0 Å². The zero-order valence-corrected chi connectivity index (χ0v) is 11.4. The monoisotopic (exact) mass is 252 g/mol. The summed E-state index contributed by atoms with van der Waals surface area (Å²) < 4.78 is 0. The molecular formula is C13H20N2OS. The lowest BCUT2D eigenvalue weighted by Crippen LogP contribution is -2.46. The quantitative estimate of drug-likeness (QED) is 0.761. The van der Waals surface area contributed by atoms with Gasteiger partial charge >= 0.3 is 0 Å². The van der Waals surface area contributed by atoms with Crippen LogP contribution in [0.5, 0.6) is 0 Å². The molecule has 3 N–H and O–H groups in total. The van der Waals surface area contributed by atoms with Crippen LogP contribution >= 0.6 is 11.8 Å². The van der Waals surface area contributed by atoms with Crippen molar-refractivity contribution in [2.24, 2.45) is 5.73 Å². The molecule has 1 rings (SSSR count). The molecule has 94 valence electrons. The average molecular weight is 252 g/mol. The molecule has 17 heavy (non-hydrogen) atoms. The van der Waals surface area contributed by atoms with Crippen LogP contribution in [0, 0.1) is 6.92 Å². The molecule has 0 bridgehead atoms. The minimum atomic E-state index is -0.292. The maximum atomic E-state index is 11.3. The maximum Gasteiger partial charge on any atom is 0.235 e. The summed E-state index contributed by atoms with van der Waals surface area (Å²) in [6.45, 7) is 6.08. The van der Waals surface area contributed by atoms with Crippen molar-refractivity contribution in [2.45, 2.75) is 37.8 Å². The Hall–Kier alpha value is -1.00. The summed E-state index contributed by atoms with van der Waals surface area (Å²) in [6.07, 6.45) is 0. The number of aryl methyl sites for hydroxylation is 1. The van der Waals surface area contributed by atoms with Gasteiger partial charge < -0.3 is 11.1 Å². The summed E-state index contributed by atoms with van der Waals surface area (Å²) in [4.78, 5) is 12.5. The first-order valence-corrected chi connectivity index (χ1v) is 6.73. The van der Waals surface area contributed by atoms with Crippen LogP contribution < -0.4 is 11.1 Å². The van der Waals surface area contributed by atoms with Crippen molar-refractivity contribution >= 4 is 17.7 Å². The van der Waals surface area contributed by atoms with Gasteiger partial charge in [-0.3, -0.25) is 4.79 Å². The smallest absolute Gasteiger partial charge is 0.235 e. The fourth-order valence-corrected chi connectivity index (χ4v) is 2.58. The van der Waals surface area contributed by atoms with Crippen LogP contribution in [0.4, 0.5) is 0 Å². The van der Waals surface area contributed by atoms with Gasteiger partial charge in [0.1, 0.15) is 0 Å². The van der Waals surface area contributed by atoms with Crippen LogP contribution in [-0.4, -0.2) is 23.7 Å². The molecule has 0 aliphatic heterocycles. The highest BCUT2D eigenvalue weighted by Gasteiger charge is 2.16. The molecule has 1 unspecified atom stereocenters. The number of hydrogen-bond acceptors (Lipinski definition) is 3. The molecule has 1 aromatic rings. The number of amides is 1. The normalized spacial score (nSPS) is 12.7. The summed E-state index contributed by atoms with van der Waals surface area (Å²) in [5.41, 5.74) is 6.60.